The van der Waals surface area contributed by atoms with Gasteiger partial charge in [-0.05, 0) is 103 Å². The Labute approximate surface area is 515 Å². The lowest BCUT2D eigenvalue weighted by atomic mass is 10.0. The second kappa shape index (κ2) is 70.8. The highest BCUT2D eigenvalue weighted by Gasteiger charge is 2.19. The molecule has 0 aliphatic rings. The summed E-state index contributed by atoms with van der Waals surface area (Å²) in [7, 11) is 0. The molecule has 0 radical (unpaired) electrons. The molecule has 0 aliphatic heterocycles. The standard InChI is InChI=1S/C77H134O6/c1-4-7-10-13-16-19-22-25-28-30-32-33-34-35-36-37-38-39-40-41-42-43-45-46-49-52-55-58-61-64-67-70-76(79)82-73-74(72-81-75(78)69-66-63-60-57-54-51-48-27-24-21-18-15-12-9-6-3)83-77(80)71-68-65-62-59-56-53-50-47-44-31-29-26-23-20-17-14-11-8-5-2/h7,10,16,19,25,27-28,32-33,35-36,38-39,41-42,48,74H,4-6,8-9,11-15,17-18,20-24,26,29-31,34,37,40,43-47,49-73H2,1-3H3/b10-7-,19-16-,28-25-,33-32-,36-35-,39-38-,42-41-,48-27-. The Morgan fingerprint density at radius 1 is 0.253 bits per heavy atom. The lowest BCUT2D eigenvalue weighted by Crippen LogP contribution is -2.30. The molecule has 83 heavy (non-hydrogen) atoms. The number of carbonyl (C=O) groups is 3. The van der Waals surface area contributed by atoms with Gasteiger partial charge in [-0.2, -0.15) is 0 Å². The molecule has 0 spiro atoms. The van der Waals surface area contributed by atoms with Crippen LogP contribution < -0.4 is 0 Å². The van der Waals surface area contributed by atoms with Gasteiger partial charge in [0, 0.05) is 19.3 Å². The van der Waals surface area contributed by atoms with Gasteiger partial charge in [-0.3, -0.25) is 14.4 Å². The summed E-state index contributed by atoms with van der Waals surface area (Å²) in [6.45, 7) is 6.56. The predicted octanol–water partition coefficient (Wildman–Crippen LogP) is 24.8. The molecule has 6 heteroatoms. The fourth-order valence-corrected chi connectivity index (χ4v) is 10.2. The number of esters is 3. The van der Waals surface area contributed by atoms with E-state index >= 15 is 0 Å². The fraction of sp³-hybridized carbons (Fsp3) is 0.753. The Balaban J connectivity index is 4.30. The first-order chi connectivity index (χ1) is 41.0. The zero-order chi connectivity index (χ0) is 59.9. The Hall–Kier alpha value is -3.67. The van der Waals surface area contributed by atoms with E-state index in [0.717, 1.165) is 116 Å². The van der Waals surface area contributed by atoms with Crippen molar-refractivity contribution >= 4 is 17.9 Å². The summed E-state index contributed by atoms with van der Waals surface area (Å²) in [5.74, 6) is -0.874. The van der Waals surface area contributed by atoms with Crippen LogP contribution >= 0.6 is 0 Å². The third-order valence-electron chi connectivity index (χ3n) is 15.6. The second-order valence-corrected chi connectivity index (χ2v) is 23.8. The maximum Gasteiger partial charge on any atom is 0.306 e. The van der Waals surface area contributed by atoms with Crippen molar-refractivity contribution in [3.05, 3.63) is 97.2 Å². The van der Waals surface area contributed by atoms with Gasteiger partial charge in [-0.25, -0.2) is 0 Å². The van der Waals surface area contributed by atoms with Crippen LogP contribution in [0.15, 0.2) is 97.2 Å². The van der Waals surface area contributed by atoms with Crippen molar-refractivity contribution in [3.8, 4) is 0 Å². The fourth-order valence-electron chi connectivity index (χ4n) is 10.2. The third-order valence-corrected chi connectivity index (χ3v) is 15.6. The first-order valence-electron chi connectivity index (χ1n) is 35.7. The quantitative estimate of drug-likeness (QED) is 0.0261. The topological polar surface area (TPSA) is 78.9 Å². The average molecular weight is 1160 g/mol. The molecule has 0 saturated carbocycles. The Kier molecular flexibility index (Phi) is 67.7. The largest absolute Gasteiger partial charge is 0.462 e. The van der Waals surface area contributed by atoms with Gasteiger partial charge in [0.25, 0.3) is 0 Å². The first kappa shape index (κ1) is 79.3. The van der Waals surface area contributed by atoms with Crippen LogP contribution in [0, 0.1) is 0 Å². The summed E-state index contributed by atoms with van der Waals surface area (Å²) in [6.07, 6.45) is 95.7. The van der Waals surface area contributed by atoms with Gasteiger partial charge in [-0.1, -0.05) is 330 Å². The summed E-state index contributed by atoms with van der Waals surface area (Å²) < 4.78 is 17.0. The molecule has 0 heterocycles. The molecule has 0 aromatic heterocycles. The van der Waals surface area contributed by atoms with Crippen LogP contribution in [-0.4, -0.2) is 37.2 Å². The highest BCUT2D eigenvalue weighted by atomic mass is 16.6. The summed E-state index contributed by atoms with van der Waals surface area (Å²) >= 11 is 0. The number of hydrogen-bond donors (Lipinski definition) is 0. The van der Waals surface area contributed by atoms with Gasteiger partial charge in [0.1, 0.15) is 13.2 Å². The maximum atomic E-state index is 13.0. The van der Waals surface area contributed by atoms with Crippen LogP contribution in [0.25, 0.3) is 0 Å². The average Bonchev–Trinajstić information content (AvgIpc) is 3.49. The zero-order valence-electron chi connectivity index (χ0n) is 54.9. The molecule has 0 N–H and O–H groups in total. The van der Waals surface area contributed by atoms with Crippen LogP contribution in [0.5, 0.6) is 0 Å². The lowest BCUT2D eigenvalue weighted by molar-refractivity contribution is -0.167. The minimum atomic E-state index is -0.783. The van der Waals surface area contributed by atoms with Crippen molar-refractivity contribution < 1.29 is 28.6 Å². The Morgan fingerprint density at radius 3 is 0.747 bits per heavy atom. The van der Waals surface area contributed by atoms with Crippen molar-refractivity contribution in [1.82, 2.24) is 0 Å². The van der Waals surface area contributed by atoms with Crippen LogP contribution in [0.2, 0.25) is 0 Å². The van der Waals surface area contributed by atoms with Crippen LogP contribution in [0.4, 0.5) is 0 Å². The number of rotatable bonds is 65. The minimum Gasteiger partial charge on any atom is -0.462 e. The van der Waals surface area contributed by atoms with E-state index < -0.39 is 6.10 Å². The molecular formula is C77H134O6. The molecule has 1 unspecified atom stereocenters. The Bertz CT molecular complexity index is 1610. The number of carbonyl (C=O) groups excluding carboxylic acids is 3. The van der Waals surface area contributed by atoms with E-state index in [1.54, 1.807) is 0 Å². The van der Waals surface area contributed by atoms with Gasteiger partial charge in [-0.15, -0.1) is 0 Å². The highest BCUT2D eigenvalue weighted by molar-refractivity contribution is 5.71. The number of hydrogen-bond acceptors (Lipinski definition) is 6. The molecule has 0 aliphatic carbocycles. The second-order valence-electron chi connectivity index (χ2n) is 23.8. The molecule has 0 saturated heterocycles. The molecule has 1 atom stereocenters. The number of ether oxygens (including phenoxy) is 3. The van der Waals surface area contributed by atoms with Crippen molar-refractivity contribution in [1.29, 1.82) is 0 Å². The Morgan fingerprint density at radius 2 is 0.470 bits per heavy atom. The van der Waals surface area contributed by atoms with E-state index in [0.29, 0.717) is 19.3 Å². The molecule has 0 aromatic carbocycles. The minimum absolute atomic E-state index is 0.0795. The molecule has 0 rings (SSSR count). The zero-order valence-corrected chi connectivity index (χ0v) is 54.9. The van der Waals surface area contributed by atoms with Crippen molar-refractivity contribution in [2.75, 3.05) is 13.2 Å². The van der Waals surface area contributed by atoms with Gasteiger partial charge >= 0.3 is 17.9 Å². The van der Waals surface area contributed by atoms with Gasteiger partial charge in [0.15, 0.2) is 6.10 Å². The number of unbranched alkanes of at least 4 members (excludes halogenated alkanes) is 38. The molecule has 478 valence electrons. The summed E-state index contributed by atoms with van der Waals surface area (Å²) in [5, 5.41) is 0. The molecular weight excluding hydrogens is 1020 g/mol. The molecule has 6 nitrogen and oxygen atoms in total. The SMILES string of the molecule is CC/C=C\C/C=C\C/C=C\C/C=C\C/C=C\C/C=C\C/C=C\CCCCCCCCCCCC(=O)OCC(COC(=O)CCCCCCC/C=C\CCCCCCCC)OC(=O)CCCCCCCCCCCCCCCCCCCCC. The van der Waals surface area contributed by atoms with Crippen LogP contribution in [0.1, 0.15) is 355 Å². The highest BCUT2D eigenvalue weighted by Crippen LogP contribution is 2.17. The molecule has 0 fully saturated rings. The summed E-state index contributed by atoms with van der Waals surface area (Å²) in [5.41, 5.74) is 0. The summed E-state index contributed by atoms with van der Waals surface area (Å²) in [6, 6.07) is 0. The van der Waals surface area contributed by atoms with E-state index in [4.69, 9.17) is 14.2 Å². The van der Waals surface area contributed by atoms with Crippen LogP contribution in [-0.2, 0) is 28.6 Å². The van der Waals surface area contributed by atoms with E-state index in [2.05, 4.69) is 118 Å². The summed E-state index contributed by atoms with van der Waals surface area (Å²) in [4.78, 5) is 38.5. The smallest absolute Gasteiger partial charge is 0.306 e. The molecule has 0 amide bonds. The van der Waals surface area contributed by atoms with E-state index in [1.165, 1.54) is 199 Å². The van der Waals surface area contributed by atoms with E-state index in [9.17, 15) is 14.4 Å². The van der Waals surface area contributed by atoms with Gasteiger partial charge in [0.2, 0.25) is 0 Å². The predicted molar refractivity (Wildman–Crippen MR) is 362 cm³/mol. The first-order valence-corrected chi connectivity index (χ1v) is 35.7. The third kappa shape index (κ3) is 69.0. The van der Waals surface area contributed by atoms with Crippen molar-refractivity contribution in [2.45, 2.75) is 361 Å². The van der Waals surface area contributed by atoms with Crippen molar-refractivity contribution in [3.63, 3.8) is 0 Å². The van der Waals surface area contributed by atoms with Crippen LogP contribution in [0.3, 0.4) is 0 Å². The number of allylic oxidation sites excluding steroid dienone is 16. The van der Waals surface area contributed by atoms with Gasteiger partial charge < -0.3 is 14.2 Å². The normalized spacial score (nSPS) is 12.7. The molecule has 0 aromatic rings. The monoisotopic (exact) mass is 1160 g/mol. The molecule has 0 bridgehead atoms. The van der Waals surface area contributed by atoms with Gasteiger partial charge in [0.05, 0.1) is 0 Å². The van der Waals surface area contributed by atoms with E-state index in [-0.39, 0.29) is 31.1 Å². The maximum absolute atomic E-state index is 13.0. The lowest BCUT2D eigenvalue weighted by Gasteiger charge is -2.18. The van der Waals surface area contributed by atoms with Crippen molar-refractivity contribution in [2.24, 2.45) is 0 Å². The van der Waals surface area contributed by atoms with E-state index in [1.807, 2.05) is 0 Å².